The maximum Gasteiger partial charge on any atom is 0.243 e. The lowest BCUT2D eigenvalue weighted by Crippen LogP contribution is -2.37. The number of thiophene rings is 1. The van der Waals surface area contributed by atoms with E-state index in [2.05, 4.69) is 21.2 Å². The molecule has 7 heteroatoms. The van der Waals surface area contributed by atoms with Gasteiger partial charge >= 0.3 is 0 Å². The van der Waals surface area contributed by atoms with Crippen LogP contribution in [0, 0.1) is 12.8 Å². The molecule has 19 heavy (non-hydrogen) atoms. The fourth-order valence-electron chi connectivity index (χ4n) is 2.38. The van der Waals surface area contributed by atoms with Crippen LogP contribution >= 0.6 is 27.3 Å². The van der Waals surface area contributed by atoms with Gasteiger partial charge in [-0.1, -0.05) is 0 Å². The number of aryl methyl sites for hydroxylation is 1. The SMILES string of the molecule is Cc1sc(Br)cc1S(=O)(=O)N(C)CC1CCNCC1. The fourth-order valence-corrected chi connectivity index (χ4v) is 6.01. The number of sulfonamides is 1. The predicted octanol–water partition coefficient (Wildman–Crippen LogP) is 2.44. The molecule has 1 N–H and O–H groups in total. The van der Waals surface area contributed by atoms with Gasteiger partial charge in [-0.15, -0.1) is 11.3 Å². The third kappa shape index (κ3) is 3.58. The lowest BCUT2D eigenvalue weighted by molar-refractivity contribution is 0.311. The lowest BCUT2D eigenvalue weighted by atomic mass is 9.98. The molecule has 0 saturated carbocycles. The average molecular weight is 367 g/mol. The van der Waals surface area contributed by atoms with Crippen LogP contribution in [0.4, 0.5) is 0 Å². The van der Waals surface area contributed by atoms with Crippen molar-refractivity contribution in [2.24, 2.45) is 5.92 Å². The Morgan fingerprint density at radius 2 is 2.11 bits per heavy atom. The number of nitrogens with zero attached hydrogens (tertiary/aromatic N) is 1. The first-order valence-electron chi connectivity index (χ1n) is 6.34. The van der Waals surface area contributed by atoms with Crippen molar-refractivity contribution in [2.45, 2.75) is 24.7 Å². The Hall–Kier alpha value is 0.0500. The van der Waals surface area contributed by atoms with Gasteiger partial charge in [0.15, 0.2) is 0 Å². The largest absolute Gasteiger partial charge is 0.317 e. The number of hydrogen-bond acceptors (Lipinski definition) is 4. The van der Waals surface area contributed by atoms with Crippen molar-refractivity contribution in [3.05, 3.63) is 14.7 Å². The summed E-state index contributed by atoms with van der Waals surface area (Å²) in [7, 11) is -1.67. The molecule has 1 fully saturated rings. The van der Waals surface area contributed by atoms with Gasteiger partial charge in [0, 0.05) is 18.5 Å². The first-order chi connectivity index (χ1) is 8.91. The Morgan fingerprint density at radius 3 is 2.63 bits per heavy atom. The molecule has 0 spiro atoms. The minimum absolute atomic E-state index is 0.431. The van der Waals surface area contributed by atoms with E-state index in [-0.39, 0.29) is 0 Å². The second-order valence-electron chi connectivity index (χ2n) is 4.95. The van der Waals surface area contributed by atoms with Gasteiger partial charge in [0.2, 0.25) is 10.0 Å². The van der Waals surface area contributed by atoms with Gasteiger partial charge in [-0.2, -0.15) is 0 Å². The Morgan fingerprint density at radius 1 is 1.47 bits per heavy atom. The van der Waals surface area contributed by atoms with Gasteiger partial charge < -0.3 is 5.32 Å². The van der Waals surface area contributed by atoms with E-state index >= 15 is 0 Å². The molecule has 0 bridgehead atoms. The van der Waals surface area contributed by atoms with Crippen LogP contribution in [0.15, 0.2) is 14.7 Å². The van der Waals surface area contributed by atoms with Gasteiger partial charge in [-0.3, -0.25) is 0 Å². The zero-order valence-electron chi connectivity index (χ0n) is 11.1. The summed E-state index contributed by atoms with van der Waals surface area (Å²) in [6.45, 7) is 4.43. The molecule has 0 amide bonds. The molecular weight excluding hydrogens is 348 g/mol. The van der Waals surface area contributed by atoms with Gasteiger partial charge in [0.1, 0.15) is 0 Å². The van der Waals surface area contributed by atoms with Crippen LogP contribution in [0.1, 0.15) is 17.7 Å². The molecule has 0 unspecified atom stereocenters. The number of piperidine rings is 1. The van der Waals surface area contributed by atoms with E-state index in [4.69, 9.17) is 0 Å². The zero-order valence-corrected chi connectivity index (χ0v) is 14.4. The standard InChI is InChI=1S/C12H19BrN2O2S2/c1-9-11(7-12(13)18-9)19(16,17)15(2)8-10-3-5-14-6-4-10/h7,10,14H,3-6,8H2,1-2H3. The highest BCUT2D eigenvalue weighted by atomic mass is 79.9. The van der Waals surface area contributed by atoms with Crippen LogP contribution in [0.5, 0.6) is 0 Å². The highest BCUT2D eigenvalue weighted by Gasteiger charge is 2.27. The minimum Gasteiger partial charge on any atom is -0.317 e. The Bertz CT molecular complexity index is 536. The maximum absolute atomic E-state index is 12.5. The summed E-state index contributed by atoms with van der Waals surface area (Å²) in [5.74, 6) is 0.461. The van der Waals surface area contributed by atoms with Crippen molar-refractivity contribution in [1.29, 1.82) is 0 Å². The number of rotatable bonds is 4. The maximum atomic E-state index is 12.5. The highest BCUT2D eigenvalue weighted by Crippen LogP contribution is 2.31. The van der Waals surface area contributed by atoms with Crippen molar-refractivity contribution in [3.63, 3.8) is 0 Å². The number of hydrogen-bond donors (Lipinski definition) is 1. The molecule has 1 saturated heterocycles. The van der Waals surface area contributed by atoms with Gasteiger partial charge in [0.25, 0.3) is 0 Å². The van der Waals surface area contributed by atoms with E-state index in [1.807, 2.05) is 6.92 Å². The van der Waals surface area contributed by atoms with E-state index in [1.54, 1.807) is 13.1 Å². The molecule has 2 rings (SSSR count). The van der Waals surface area contributed by atoms with Crippen molar-refractivity contribution in [3.8, 4) is 0 Å². The summed E-state index contributed by atoms with van der Waals surface area (Å²) >= 11 is 4.81. The Labute approximate surface area is 127 Å². The Kier molecular flexibility index (Phi) is 5.05. The predicted molar refractivity (Wildman–Crippen MR) is 82.2 cm³/mol. The van der Waals surface area contributed by atoms with Gasteiger partial charge in [-0.25, -0.2) is 12.7 Å². The molecule has 2 heterocycles. The second kappa shape index (κ2) is 6.22. The molecule has 1 aromatic rings. The summed E-state index contributed by atoms with van der Waals surface area (Å²) in [6.07, 6.45) is 2.10. The van der Waals surface area contributed by atoms with Gasteiger partial charge in [-0.05, 0) is 60.8 Å². The van der Waals surface area contributed by atoms with Crippen molar-refractivity contribution in [2.75, 3.05) is 26.7 Å². The molecule has 0 aromatic carbocycles. The van der Waals surface area contributed by atoms with Crippen LogP contribution in [0.25, 0.3) is 0 Å². The third-order valence-corrected chi connectivity index (χ3v) is 7.14. The molecule has 0 atom stereocenters. The van der Waals surface area contributed by atoms with Crippen LogP contribution in [0.2, 0.25) is 0 Å². The summed E-state index contributed by atoms with van der Waals surface area (Å²) in [4.78, 5) is 1.27. The Balaban J connectivity index is 2.12. The quantitative estimate of drug-likeness (QED) is 0.889. The first-order valence-corrected chi connectivity index (χ1v) is 9.39. The molecule has 1 aromatic heterocycles. The molecule has 4 nitrogen and oxygen atoms in total. The summed E-state index contributed by atoms with van der Waals surface area (Å²) in [6, 6.07) is 1.70. The molecule has 1 aliphatic rings. The van der Waals surface area contributed by atoms with E-state index in [0.29, 0.717) is 17.4 Å². The van der Waals surface area contributed by atoms with Crippen molar-refractivity contribution in [1.82, 2.24) is 9.62 Å². The highest BCUT2D eigenvalue weighted by molar-refractivity contribution is 9.11. The van der Waals surface area contributed by atoms with E-state index in [1.165, 1.54) is 15.6 Å². The molecule has 0 radical (unpaired) electrons. The minimum atomic E-state index is -3.35. The zero-order chi connectivity index (χ0) is 14.0. The van der Waals surface area contributed by atoms with Crippen LogP contribution in [-0.4, -0.2) is 39.4 Å². The van der Waals surface area contributed by atoms with Crippen LogP contribution in [0.3, 0.4) is 0 Å². The lowest BCUT2D eigenvalue weighted by Gasteiger charge is -2.27. The van der Waals surface area contributed by atoms with Gasteiger partial charge in [0.05, 0.1) is 8.68 Å². The van der Waals surface area contributed by atoms with Crippen molar-refractivity contribution >= 4 is 37.3 Å². The summed E-state index contributed by atoms with van der Waals surface area (Å²) < 4.78 is 27.4. The molecule has 1 aliphatic heterocycles. The van der Waals surface area contributed by atoms with E-state index in [0.717, 1.165) is 34.6 Å². The number of nitrogens with one attached hydrogen (secondary N) is 1. The average Bonchev–Trinajstić information content (AvgIpc) is 2.70. The third-order valence-electron chi connectivity index (χ3n) is 3.50. The normalized spacial score (nSPS) is 18.1. The monoisotopic (exact) mass is 366 g/mol. The fraction of sp³-hybridized carbons (Fsp3) is 0.667. The van der Waals surface area contributed by atoms with Crippen molar-refractivity contribution < 1.29 is 8.42 Å². The molecule has 0 aliphatic carbocycles. The molecule has 108 valence electrons. The summed E-state index contributed by atoms with van der Waals surface area (Å²) in [5.41, 5.74) is 0. The van der Waals surface area contributed by atoms with E-state index < -0.39 is 10.0 Å². The smallest absolute Gasteiger partial charge is 0.243 e. The topological polar surface area (TPSA) is 49.4 Å². The van der Waals surface area contributed by atoms with E-state index in [9.17, 15) is 8.42 Å². The molecular formula is C12H19BrN2O2S2. The first kappa shape index (κ1) is 15.4. The summed E-state index contributed by atoms with van der Waals surface area (Å²) in [5, 5.41) is 3.30. The van der Waals surface area contributed by atoms with Crippen LogP contribution < -0.4 is 5.32 Å². The second-order valence-corrected chi connectivity index (χ2v) is 9.60. The number of halogens is 1. The van der Waals surface area contributed by atoms with Crippen LogP contribution in [-0.2, 0) is 10.0 Å².